The molecule has 0 saturated heterocycles. The van der Waals surface area contributed by atoms with Gasteiger partial charge in [-0.1, -0.05) is 48.0 Å². The van der Waals surface area contributed by atoms with Crippen molar-refractivity contribution in [1.29, 1.82) is 0 Å². The lowest BCUT2D eigenvalue weighted by atomic mass is 10.0. The van der Waals surface area contributed by atoms with E-state index in [0.29, 0.717) is 5.75 Å². The minimum absolute atomic E-state index is 0.167. The Morgan fingerprint density at radius 3 is 2.12 bits per heavy atom. The number of ether oxygens (including phenoxy) is 1. The van der Waals surface area contributed by atoms with Gasteiger partial charge >= 0.3 is 0 Å². The van der Waals surface area contributed by atoms with E-state index in [4.69, 9.17) is 4.74 Å². The Morgan fingerprint density at radius 1 is 1.00 bits per heavy atom. The summed E-state index contributed by atoms with van der Waals surface area (Å²) in [6, 6.07) is 12.5. The number of nitrogens with one attached hydrogen (secondary N) is 1. The topological polar surface area (TPSA) is 55.4 Å². The maximum Gasteiger partial charge on any atom is 0.244 e. The molecule has 0 saturated carbocycles. The van der Waals surface area contributed by atoms with Crippen LogP contribution in [0.1, 0.15) is 43.9 Å². The molecule has 0 amide bonds. The standard InChI is InChI=1S/C18H22BrNO3S/c1-12(2)15-7-10-17(23-4)18(11-15)24(21,22)20-13(3)14-5-8-16(19)9-6-14/h5-13,20H,1-4H3. The first-order valence-electron chi connectivity index (χ1n) is 7.70. The van der Waals surface area contributed by atoms with Crippen LogP contribution in [0.4, 0.5) is 0 Å². The summed E-state index contributed by atoms with van der Waals surface area (Å²) in [7, 11) is -2.23. The number of sulfonamides is 1. The summed E-state index contributed by atoms with van der Waals surface area (Å²) >= 11 is 3.38. The van der Waals surface area contributed by atoms with E-state index in [9.17, 15) is 8.42 Å². The maximum atomic E-state index is 12.8. The fraction of sp³-hybridized carbons (Fsp3) is 0.333. The molecule has 0 bridgehead atoms. The highest BCUT2D eigenvalue weighted by Gasteiger charge is 2.23. The van der Waals surface area contributed by atoms with Crippen LogP contribution >= 0.6 is 15.9 Å². The van der Waals surface area contributed by atoms with Crippen molar-refractivity contribution < 1.29 is 13.2 Å². The van der Waals surface area contributed by atoms with E-state index in [1.54, 1.807) is 12.1 Å². The largest absolute Gasteiger partial charge is 0.495 e. The monoisotopic (exact) mass is 411 g/mol. The molecular weight excluding hydrogens is 390 g/mol. The van der Waals surface area contributed by atoms with E-state index < -0.39 is 10.0 Å². The number of hydrogen-bond acceptors (Lipinski definition) is 3. The summed E-state index contributed by atoms with van der Waals surface area (Å²) in [6.07, 6.45) is 0. The second-order valence-corrected chi connectivity index (χ2v) is 8.56. The van der Waals surface area contributed by atoms with Crippen molar-refractivity contribution >= 4 is 26.0 Å². The highest BCUT2D eigenvalue weighted by atomic mass is 79.9. The minimum Gasteiger partial charge on any atom is -0.495 e. The Labute approximate surface area is 152 Å². The van der Waals surface area contributed by atoms with Gasteiger partial charge in [0.15, 0.2) is 0 Å². The van der Waals surface area contributed by atoms with Crippen LogP contribution in [0.5, 0.6) is 5.75 Å². The number of benzene rings is 2. The third-order valence-corrected chi connectivity index (χ3v) is 5.94. The molecule has 0 aromatic heterocycles. The van der Waals surface area contributed by atoms with E-state index in [1.807, 2.05) is 51.1 Å². The van der Waals surface area contributed by atoms with E-state index in [2.05, 4.69) is 20.7 Å². The molecule has 2 aromatic rings. The molecule has 24 heavy (non-hydrogen) atoms. The molecule has 1 atom stereocenters. The van der Waals surface area contributed by atoms with Crippen molar-refractivity contribution in [3.05, 3.63) is 58.1 Å². The minimum atomic E-state index is -3.70. The smallest absolute Gasteiger partial charge is 0.244 e. The molecule has 0 fully saturated rings. The first kappa shape index (κ1) is 19.0. The lowest BCUT2D eigenvalue weighted by Gasteiger charge is -2.18. The van der Waals surface area contributed by atoms with Gasteiger partial charge in [0.25, 0.3) is 0 Å². The van der Waals surface area contributed by atoms with Crippen LogP contribution in [-0.4, -0.2) is 15.5 Å². The van der Waals surface area contributed by atoms with Crippen molar-refractivity contribution in [3.8, 4) is 5.75 Å². The van der Waals surface area contributed by atoms with E-state index in [0.717, 1.165) is 15.6 Å². The molecule has 0 aliphatic carbocycles. The molecule has 1 N–H and O–H groups in total. The molecule has 4 nitrogen and oxygen atoms in total. The normalized spacial score (nSPS) is 13.1. The molecule has 6 heteroatoms. The van der Waals surface area contributed by atoms with Crippen molar-refractivity contribution in [3.63, 3.8) is 0 Å². The van der Waals surface area contributed by atoms with Crippen molar-refractivity contribution in [2.75, 3.05) is 7.11 Å². The average Bonchev–Trinajstić information content (AvgIpc) is 2.54. The molecule has 0 aliphatic heterocycles. The summed E-state index contributed by atoms with van der Waals surface area (Å²) in [6.45, 7) is 5.87. The van der Waals surface area contributed by atoms with Crippen LogP contribution in [0.15, 0.2) is 51.8 Å². The third-order valence-electron chi connectivity index (χ3n) is 3.85. The third kappa shape index (κ3) is 4.37. The second kappa shape index (κ2) is 7.68. The van der Waals surface area contributed by atoms with Crippen molar-refractivity contribution in [2.45, 2.75) is 37.6 Å². The first-order chi connectivity index (χ1) is 11.2. The lowest BCUT2D eigenvalue weighted by Crippen LogP contribution is -2.27. The van der Waals surface area contributed by atoms with Gasteiger partial charge in [-0.3, -0.25) is 0 Å². The molecule has 0 radical (unpaired) electrons. The molecule has 0 heterocycles. The quantitative estimate of drug-likeness (QED) is 0.753. The molecule has 0 spiro atoms. The van der Waals surface area contributed by atoms with Crippen LogP contribution in [-0.2, 0) is 10.0 Å². The second-order valence-electron chi connectivity index (χ2n) is 5.96. The van der Waals surface area contributed by atoms with Gasteiger partial charge in [-0.05, 0) is 48.2 Å². The van der Waals surface area contributed by atoms with Crippen LogP contribution in [0.2, 0.25) is 0 Å². The van der Waals surface area contributed by atoms with Gasteiger partial charge in [0.05, 0.1) is 7.11 Å². The van der Waals surface area contributed by atoms with Crippen LogP contribution in [0, 0.1) is 0 Å². The maximum absolute atomic E-state index is 12.8. The van der Waals surface area contributed by atoms with Crippen LogP contribution in [0.25, 0.3) is 0 Å². The van der Waals surface area contributed by atoms with E-state index >= 15 is 0 Å². The zero-order chi connectivity index (χ0) is 17.9. The van der Waals surface area contributed by atoms with Gasteiger partial charge < -0.3 is 4.74 Å². The fourth-order valence-corrected chi connectivity index (χ4v) is 4.08. The van der Waals surface area contributed by atoms with Crippen molar-refractivity contribution in [1.82, 2.24) is 4.72 Å². The average molecular weight is 412 g/mol. The molecule has 130 valence electrons. The van der Waals surface area contributed by atoms with E-state index in [-0.39, 0.29) is 16.9 Å². The number of methoxy groups -OCH3 is 1. The Bertz CT molecular complexity index is 802. The summed E-state index contributed by atoms with van der Waals surface area (Å²) < 4.78 is 34.6. The molecule has 2 aromatic carbocycles. The zero-order valence-corrected chi connectivity index (χ0v) is 16.6. The van der Waals surface area contributed by atoms with E-state index in [1.165, 1.54) is 7.11 Å². The number of halogens is 1. The first-order valence-corrected chi connectivity index (χ1v) is 9.98. The molecule has 2 rings (SSSR count). The van der Waals surface area contributed by atoms with Crippen LogP contribution in [0.3, 0.4) is 0 Å². The van der Waals surface area contributed by atoms with Gasteiger partial charge in [-0.15, -0.1) is 0 Å². The van der Waals surface area contributed by atoms with Crippen molar-refractivity contribution in [2.24, 2.45) is 0 Å². The SMILES string of the molecule is COc1ccc(C(C)C)cc1S(=O)(=O)NC(C)c1ccc(Br)cc1. The molecule has 0 aliphatic rings. The number of rotatable bonds is 6. The number of hydrogen-bond donors (Lipinski definition) is 1. The Kier molecular flexibility index (Phi) is 6.06. The summed E-state index contributed by atoms with van der Waals surface area (Å²) in [5, 5.41) is 0. The van der Waals surface area contributed by atoms with Gasteiger partial charge in [0.2, 0.25) is 10.0 Å². The predicted molar refractivity (Wildman–Crippen MR) is 100.0 cm³/mol. The summed E-state index contributed by atoms with van der Waals surface area (Å²) in [5.74, 6) is 0.573. The summed E-state index contributed by atoms with van der Waals surface area (Å²) in [4.78, 5) is 0.167. The Balaban J connectivity index is 2.35. The molecule has 1 unspecified atom stereocenters. The predicted octanol–water partition coefficient (Wildman–Crippen LogP) is 4.62. The Hall–Kier alpha value is -1.37. The fourth-order valence-electron chi connectivity index (χ4n) is 2.38. The highest BCUT2D eigenvalue weighted by molar-refractivity contribution is 9.10. The molecular formula is C18H22BrNO3S. The van der Waals surface area contributed by atoms with Gasteiger partial charge in [0.1, 0.15) is 10.6 Å². The summed E-state index contributed by atoms with van der Waals surface area (Å²) in [5.41, 5.74) is 1.84. The Morgan fingerprint density at radius 2 is 1.58 bits per heavy atom. The van der Waals surface area contributed by atoms with Gasteiger partial charge in [0, 0.05) is 10.5 Å². The van der Waals surface area contributed by atoms with Gasteiger partial charge in [-0.25, -0.2) is 13.1 Å². The zero-order valence-electron chi connectivity index (χ0n) is 14.2. The van der Waals surface area contributed by atoms with Crippen LogP contribution < -0.4 is 9.46 Å². The highest BCUT2D eigenvalue weighted by Crippen LogP contribution is 2.29. The lowest BCUT2D eigenvalue weighted by molar-refractivity contribution is 0.401. The van der Waals surface area contributed by atoms with Gasteiger partial charge in [-0.2, -0.15) is 0 Å².